The van der Waals surface area contributed by atoms with Gasteiger partial charge in [0.05, 0.1) is 35.5 Å². The molecule has 0 aromatic heterocycles. The molecule has 74 heavy (non-hydrogen) atoms. The van der Waals surface area contributed by atoms with Crippen LogP contribution < -0.4 is 38.4 Å². The van der Waals surface area contributed by atoms with Crippen LogP contribution in [0.4, 0.5) is 51.2 Å². The highest BCUT2D eigenvalue weighted by Crippen LogP contribution is 2.43. The SMILES string of the molecule is COc1ccc(N(c2ccc(-c3cc(-c4ccc(N(c5cccc(C)c5)c5cccc(OC)c5)cc4)cc(-c4ccc(N(c5cccc(OC)c5)c5cccc(OC)c5)cc4)c3)cc2)c2cccc(OC)c2)cc1. The average molecular weight is 972 g/mol. The highest BCUT2D eigenvalue weighted by Gasteiger charge is 2.19. The molecule has 0 radical (unpaired) electrons. The third-order valence-corrected chi connectivity index (χ3v) is 13.1. The van der Waals surface area contributed by atoms with Crippen molar-refractivity contribution in [2.24, 2.45) is 0 Å². The monoisotopic (exact) mass is 971 g/mol. The quantitative estimate of drug-likeness (QED) is 0.0895. The van der Waals surface area contributed by atoms with Crippen LogP contribution in [0.5, 0.6) is 28.7 Å². The number of ether oxygens (including phenoxy) is 5. The molecule has 0 aliphatic carbocycles. The largest absolute Gasteiger partial charge is 0.497 e. The topological polar surface area (TPSA) is 55.9 Å². The van der Waals surface area contributed by atoms with Crippen molar-refractivity contribution >= 4 is 51.2 Å². The van der Waals surface area contributed by atoms with Gasteiger partial charge in [0.1, 0.15) is 28.7 Å². The Morgan fingerprint density at radius 2 is 0.473 bits per heavy atom. The predicted molar refractivity (Wildman–Crippen MR) is 304 cm³/mol. The molecule has 0 N–H and O–H groups in total. The molecule has 0 saturated carbocycles. The van der Waals surface area contributed by atoms with E-state index in [-0.39, 0.29) is 0 Å². The lowest BCUT2D eigenvalue weighted by Crippen LogP contribution is -2.10. The van der Waals surface area contributed by atoms with Gasteiger partial charge in [-0.25, -0.2) is 0 Å². The zero-order valence-electron chi connectivity index (χ0n) is 42.4. The summed E-state index contributed by atoms with van der Waals surface area (Å²) in [5.41, 5.74) is 16.7. The Hall–Kier alpha value is -9.40. The first kappa shape index (κ1) is 48.2. The maximum atomic E-state index is 5.67. The number of hydrogen-bond donors (Lipinski definition) is 0. The molecule has 0 spiro atoms. The van der Waals surface area contributed by atoms with Gasteiger partial charge in [0, 0.05) is 75.5 Å². The lowest BCUT2D eigenvalue weighted by molar-refractivity contribution is 0.414. The number of rotatable bonds is 17. The standard InChI is InChI=1S/C66H57N3O5/c1-46-12-7-13-57(38-46)68(59-15-9-19-64(43-59)72-4)54-30-24-48(25-31-54)51-39-50(47-22-28-53(29-23-47)67(56-34-36-62(70-2)37-35-56)58-14-8-18-63(42-58)71-3)40-52(41-51)49-26-32-55(33-27-49)69(60-16-10-20-65(44-60)73-5)61-17-11-21-66(45-61)74-6/h7-45H,1-6H3. The summed E-state index contributed by atoms with van der Waals surface area (Å²) in [7, 11) is 8.46. The molecular formula is C66H57N3O5. The molecule has 0 fully saturated rings. The molecule has 0 atom stereocenters. The van der Waals surface area contributed by atoms with E-state index in [1.165, 1.54) is 5.56 Å². The first-order chi connectivity index (χ1) is 36.3. The minimum absolute atomic E-state index is 0.773. The van der Waals surface area contributed by atoms with E-state index < -0.39 is 0 Å². The smallest absolute Gasteiger partial charge is 0.120 e. The van der Waals surface area contributed by atoms with E-state index in [0.717, 1.165) is 113 Å². The minimum Gasteiger partial charge on any atom is -0.497 e. The summed E-state index contributed by atoms with van der Waals surface area (Å²) in [6.45, 7) is 2.12. The van der Waals surface area contributed by atoms with Crippen molar-refractivity contribution < 1.29 is 23.7 Å². The van der Waals surface area contributed by atoms with E-state index in [4.69, 9.17) is 23.7 Å². The fourth-order valence-electron chi connectivity index (χ4n) is 9.37. The van der Waals surface area contributed by atoms with Gasteiger partial charge in [-0.1, -0.05) is 72.8 Å². The molecule has 10 rings (SSSR count). The first-order valence-electron chi connectivity index (χ1n) is 24.4. The summed E-state index contributed by atoms with van der Waals surface area (Å²) in [5.74, 6) is 3.91. The second kappa shape index (κ2) is 21.9. The Bertz CT molecular complexity index is 3460. The summed E-state index contributed by atoms with van der Waals surface area (Å²) in [6.07, 6.45) is 0. The highest BCUT2D eigenvalue weighted by atomic mass is 16.5. The Morgan fingerprint density at radius 1 is 0.216 bits per heavy atom. The van der Waals surface area contributed by atoms with Crippen LogP contribution in [0.2, 0.25) is 0 Å². The second-order valence-electron chi connectivity index (χ2n) is 17.8. The Morgan fingerprint density at radius 3 is 0.757 bits per heavy atom. The fraction of sp³-hybridized carbons (Fsp3) is 0.0909. The third kappa shape index (κ3) is 10.5. The molecule has 0 amide bonds. The van der Waals surface area contributed by atoms with Gasteiger partial charge in [-0.3, -0.25) is 0 Å². The summed E-state index contributed by atoms with van der Waals surface area (Å²) in [4.78, 5) is 6.71. The van der Waals surface area contributed by atoms with Crippen molar-refractivity contribution in [1.29, 1.82) is 0 Å². The molecule has 10 aromatic carbocycles. The molecule has 0 heterocycles. The lowest BCUT2D eigenvalue weighted by atomic mass is 9.93. The second-order valence-corrected chi connectivity index (χ2v) is 17.8. The molecule has 10 aromatic rings. The molecule has 366 valence electrons. The van der Waals surface area contributed by atoms with Crippen molar-refractivity contribution in [2.45, 2.75) is 6.92 Å². The highest BCUT2D eigenvalue weighted by molar-refractivity contribution is 5.86. The van der Waals surface area contributed by atoms with Crippen molar-refractivity contribution in [3.05, 3.63) is 242 Å². The van der Waals surface area contributed by atoms with Crippen LogP contribution in [0, 0.1) is 6.92 Å². The number of benzene rings is 10. The Kier molecular flexibility index (Phi) is 14.3. The normalized spacial score (nSPS) is 10.8. The predicted octanol–water partition coefficient (Wildman–Crippen LogP) is 17.4. The molecule has 0 bridgehead atoms. The number of methoxy groups -OCH3 is 5. The molecule has 8 nitrogen and oxygen atoms in total. The Labute approximate surface area is 434 Å². The van der Waals surface area contributed by atoms with E-state index in [1.807, 2.05) is 78.9 Å². The van der Waals surface area contributed by atoms with E-state index >= 15 is 0 Å². The fourth-order valence-corrected chi connectivity index (χ4v) is 9.37. The van der Waals surface area contributed by atoms with Crippen molar-refractivity contribution in [1.82, 2.24) is 0 Å². The zero-order valence-corrected chi connectivity index (χ0v) is 42.4. The van der Waals surface area contributed by atoms with Crippen LogP contribution in [0.3, 0.4) is 0 Å². The third-order valence-electron chi connectivity index (χ3n) is 13.1. The molecular weight excluding hydrogens is 915 g/mol. The zero-order chi connectivity index (χ0) is 51.0. The van der Waals surface area contributed by atoms with Gasteiger partial charge in [0.25, 0.3) is 0 Å². The van der Waals surface area contributed by atoms with E-state index in [0.29, 0.717) is 0 Å². The van der Waals surface area contributed by atoms with Crippen LogP contribution in [-0.4, -0.2) is 35.5 Å². The van der Waals surface area contributed by atoms with Crippen LogP contribution in [0.1, 0.15) is 5.56 Å². The summed E-state index contributed by atoms with van der Waals surface area (Å²) < 4.78 is 28.2. The van der Waals surface area contributed by atoms with E-state index in [2.05, 4.69) is 179 Å². The molecule has 0 aliphatic rings. The van der Waals surface area contributed by atoms with Crippen LogP contribution >= 0.6 is 0 Å². The lowest BCUT2D eigenvalue weighted by Gasteiger charge is -2.26. The Balaban J connectivity index is 1.07. The number of anilines is 9. The molecule has 8 heteroatoms. The van der Waals surface area contributed by atoms with Crippen LogP contribution in [0.25, 0.3) is 33.4 Å². The van der Waals surface area contributed by atoms with E-state index in [1.54, 1.807) is 35.5 Å². The van der Waals surface area contributed by atoms with Gasteiger partial charge in [-0.15, -0.1) is 0 Å². The van der Waals surface area contributed by atoms with E-state index in [9.17, 15) is 0 Å². The summed E-state index contributed by atoms with van der Waals surface area (Å²) >= 11 is 0. The number of aryl methyl sites for hydroxylation is 1. The van der Waals surface area contributed by atoms with Gasteiger partial charge in [0.15, 0.2) is 0 Å². The van der Waals surface area contributed by atoms with Gasteiger partial charge < -0.3 is 38.4 Å². The summed E-state index contributed by atoms with van der Waals surface area (Å²) in [6, 6.07) is 82.4. The average Bonchev–Trinajstić information content (AvgIpc) is 3.46. The van der Waals surface area contributed by atoms with Crippen molar-refractivity contribution in [3.63, 3.8) is 0 Å². The van der Waals surface area contributed by atoms with Gasteiger partial charge in [0.2, 0.25) is 0 Å². The minimum atomic E-state index is 0.773. The first-order valence-corrected chi connectivity index (χ1v) is 24.4. The maximum absolute atomic E-state index is 5.67. The van der Waals surface area contributed by atoms with Crippen LogP contribution in [0.15, 0.2) is 237 Å². The van der Waals surface area contributed by atoms with Crippen molar-refractivity contribution in [3.8, 4) is 62.1 Å². The van der Waals surface area contributed by atoms with Gasteiger partial charge in [-0.2, -0.15) is 0 Å². The molecule has 0 saturated heterocycles. The maximum Gasteiger partial charge on any atom is 0.120 e. The van der Waals surface area contributed by atoms with Gasteiger partial charge >= 0.3 is 0 Å². The molecule has 0 unspecified atom stereocenters. The summed E-state index contributed by atoms with van der Waals surface area (Å²) in [5, 5.41) is 0. The van der Waals surface area contributed by atoms with Crippen molar-refractivity contribution in [2.75, 3.05) is 50.2 Å². The van der Waals surface area contributed by atoms with Gasteiger partial charge in [-0.05, 0) is 185 Å². The number of nitrogens with zero attached hydrogens (tertiary/aromatic N) is 3. The molecule has 0 aliphatic heterocycles. The number of hydrogen-bond acceptors (Lipinski definition) is 8. The van der Waals surface area contributed by atoms with Crippen LogP contribution in [-0.2, 0) is 0 Å².